The first kappa shape index (κ1) is 26.1. The molecular weight excluding hydrogens is 522 g/mol. The van der Waals surface area contributed by atoms with Gasteiger partial charge in [-0.2, -0.15) is 0 Å². The SMILES string of the molecule is CC(=O)N1CCN(C(=O)CC2=CSC3=NC(C)=C(C(=O)Nc4ccccc4)C(c4ccc(Cl)cc4)N23)CC1. The van der Waals surface area contributed by atoms with Crippen molar-refractivity contribution in [2.45, 2.75) is 26.3 Å². The zero-order valence-corrected chi connectivity index (χ0v) is 22.8. The zero-order chi connectivity index (χ0) is 26.8. The van der Waals surface area contributed by atoms with E-state index < -0.39 is 6.04 Å². The summed E-state index contributed by atoms with van der Waals surface area (Å²) in [6, 6.07) is 16.2. The Morgan fingerprint density at radius 1 is 1.00 bits per heavy atom. The first-order valence-electron chi connectivity index (χ1n) is 12.4. The Hall–Kier alpha value is -3.56. The fraction of sp³-hybridized carbons (Fsp3) is 0.286. The number of hydrogen-bond acceptors (Lipinski definition) is 6. The number of hydrogen-bond donors (Lipinski definition) is 1. The molecule has 1 saturated heterocycles. The molecule has 1 N–H and O–H groups in total. The van der Waals surface area contributed by atoms with Gasteiger partial charge >= 0.3 is 0 Å². The molecule has 0 aromatic heterocycles. The summed E-state index contributed by atoms with van der Waals surface area (Å²) in [6.07, 6.45) is 0.169. The highest BCUT2D eigenvalue weighted by Crippen LogP contribution is 2.45. The van der Waals surface area contributed by atoms with Crippen molar-refractivity contribution in [3.8, 4) is 0 Å². The number of carbonyl (C=O) groups excluding carboxylic acids is 3. The standard InChI is InChI=1S/C28H28ClN5O3S/c1-18-25(27(37)31-22-6-4-3-5-7-22)26(20-8-10-21(29)11-9-20)34-23(17-38-28(34)30-18)16-24(36)33-14-12-32(13-15-33)19(2)35/h3-11,17,26H,12-16H2,1-2H3,(H,31,37). The number of para-hydroxylation sites is 1. The van der Waals surface area contributed by atoms with E-state index in [0.717, 1.165) is 16.4 Å². The van der Waals surface area contributed by atoms with Crippen LogP contribution < -0.4 is 5.32 Å². The molecule has 2 aromatic carbocycles. The minimum Gasteiger partial charge on any atom is -0.339 e. The summed E-state index contributed by atoms with van der Waals surface area (Å²) in [4.78, 5) is 48.9. The van der Waals surface area contributed by atoms with E-state index in [1.165, 1.54) is 11.8 Å². The van der Waals surface area contributed by atoms with Crippen LogP contribution >= 0.6 is 23.4 Å². The molecule has 1 fully saturated rings. The van der Waals surface area contributed by atoms with Crippen LogP contribution in [-0.4, -0.2) is 63.8 Å². The number of allylic oxidation sites excluding steroid dienone is 1. The van der Waals surface area contributed by atoms with Crippen molar-refractivity contribution in [3.05, 3.63) is 87.6 Å². The third-order valence-electron chi connectivity index (χ3n) is 6.87. The maximum absolute atomic E-state index is 13.7. The largest absolute Gasteiger partial charge is 0.339 e. The second-order valence-corrected chi connectivity index (χ2v) is 10.6. The molecule has 2 aromatic rings. The van der Waals surface area contributed by atoms with Gasteiger partial charge in [0.15, 0.2) is 5.17 Å². The maximum Gasteiger partial charge on any atom is 0.255 e. The fourth-order valence-corrected chi connectivity index (χ4v) is 5.97. The summed E-state index contributed by atoms with van der Waals surface area (Å²) >= 11 is 7.64. The fourth-order valence-electron chi connectivity index (χ4n) is 4.88. The quantitative estimate of drug-likeness (QED) is 0.587. The van der Waals surface area contributed by atoms with Crippen LogP contribution in [0.3, 0.4) is 0 Å². The number of carbonyl (C=O) groups is 3. The number of benzene rings is 2. The van der Waals surface area contributed by atoms with E-state index in [-0.39, 0.29) is 24.1 Å². The second-order valence-electron chi connectivity index (χ2n) is 9.33. The molecule has 10 heteroatoms. The van der Waals surface area contributed by atoms with Gasteiger partial charge in [0.2, 0.25) is 11.8 Å². The van der Waals surface area contributed by atoms with Crippen LogP contribution in [0.25, 0.3) is 0 Å². The molecule has 5 rings (SSSR count). The lowest BCUT2D eigenvalue weighted by Gasteiger charge is -2.38. The van der Waals surface area contributed by atoms with Crippen molar-refractivity contribution in [3.63, 3.8) is 0 Å². The summed E-state index contributed by atoms with van der Waals surface area (Å²) in [5, 5.41) is 6.27. The van der Waals surface area contributed by atoms with Crippen LogP contribution in [0, 0.1) is 0 Å². The number of piperazine rings is 1. The number of aliphatic imine (C=N–C) groups is 1. The van der Waals surface area contributed by atoms with E-state index in [9.17, 15) is 14.4 Å². The summed E-state index contributed by atoms with van der Waals surface area (Å²) in [5.74, 6) is -0.243. The van der Waals surface area contributed by atoms with Gasteiger partial charge in [0.05, 0.1) is 23.7 Å². The minimum atomic E-state index is -0.480. The van der Waals surface area contributed by atoms with Gasteiger partial charge in [-0.1, -0.05) is 53.7 Å². The first-order valence-corrected chi connectivity index (χ1v) is 13.7. The molecule has 0 bridgehead atoms. The van der Waals surface area contributed by atoms with Crippen LogP contribution in [0.1, 0.15) is 31.9 Å². The van der Waals surface area contributed by atoms with E-state index in [2.05, 4.69) is 5.32 Å². The topological polar surface area (TPSA) is 85.3 Å². The number of nitrogens with one attached hydrogen (secondary N) is 1. The van der Waals surface area contributed by atoms with Crippen LogP contribution in [0.5, 0.6) is 0 Å². The summed E-state index contributed by atoms with van der Waals surface area (Å²) in [5.41, 5.74) is 3.48. The minimum absolute atomic E-state index is 0.0160. The monoisotopic (exact) mass is 549 g/mol. The molecule has 1 unspecified atom stereocenters. The lowest BCUT2D eigenvalue weighted by atomic mass is 9.93. The predicted molar refractivity (Wildman–Crippen MR) is 150 cm³/mol. The average Bonchev–Trinajstić information content (AvgIpc) is 3.30. The molecule has 0 saturated carbocycles. The molecule has 38 heavy (non-hydrogen) atoms. The predicted octanol–water partition coefficient (Wildman–Crippen LogP) is 4.63. The van der Waals surface area contributed by atoms with Crippen molar-refractivity contribution < 1.29 is 14.4 Å². The Kier molecular flexibility index (Phi) is 7.58. The van der Waals surface area contributed by atoms with Gasteiger partial charge in [-0.25, -0.2) is 4.99 Å². The lowest BCUT2D eigenvalue weighted by Crippen LogP contribution is -2.50. The average molecular weight is 550 g/mol. The zero-order valence-electron chi connectivity index (χ0n) is 21.2. The van der Waals surface area contributed by atoms with Gasteiger partial charge in [0, 0.05) is 49.5 Å². The molecule has 0 spiro atoms. The Morgan fingerprint density at radius 3 is 2.32 bits per heavy atom. The molecule has 0 radical (unpaired) electrons. The van der Waals surface area contributed by atoms with Gasteiger partial charge < -0.3 is 20.0 Å². The summed E-state index contributed by atoms with van der Waals surface area (Å²) < 4.78 is 0. The van der Waals surface area contributed by atoms with Crippen LogP contribution in [0.15, 0.2) is 82.0 Å². The third-order valence-corrected chi connectivity index (χ3v) is 8.01. The van der Waals surface area contributed by atoms with Crippen molar-refractivity contribution in [2.24, 2.45) is 4.99 Å². The number of rotatable bonds is 5. The van der Waals surface area contributed by atoms with Crippen molar-refractivity contribution >= 4 is 51.9 Å². The number of halogens is 1. The highest BCUT2D eigenvalue weighted by atomic mass is 35.5. The normalized spacial score (nSPS) is 19.1. The van der Waals surface area contributed by atoms with Crippen LogP contribution in [-0.2, 0) is 14.4 Å². The molecule has 1 atom stereocenters. The van der Waals surface area contributed by atoms with Gasteiger partial charge in [-0.15, -0.1) is 0 Å². The number of amidine groups is 1. The molecule has 0 aliphatic carbocycles. The molecule has 3 aliphatic rings. The third kappa shape index (κ3) is 5.35. The van der Waals surface area contributed by atoms with E-state index in [4.69, 9.17) is 16.6 Å². The molecule has 3 aliphatic heterocycles. The highest BCUT2D eigenvalue weighted by molar-refractivity contribution is 8.16. The summed E-state index contributed by atoms with van der Waals surface area (Å²) in [7, 11) is 0. The second kappa shape index (κ2) is 11.0. The number of amides is 3. The van der Waals surface area contributed by atoms with E-state index in [1.54, 1.807) is 28.9 Å². The van der Waals surface area contributed by atoms with E-state index in [0.29, 0.717) is 48.2 Å². The Balaban J connectivity index is 1.43. The van der Waals surface area contributed by atoms with Gasteiger partial charge in [-0.05, 0) is 42.2 Å². The summed E-state index contributed by atoms with van der Waals surface area (Å²) in [6.45, 7) is 5.46. The highest BCUT2D eigenvalue weighted by Gasteiger charge is 2.41. The number of anilines is 1. The van der Waals surface area contributed by atoms with Crippen molar-refractivity contribution in [1.29, 1.82) is 0 Å². The smallest absolute Gasteiger partial charge is 0.255 e. The van der Waals surface area contributed by atoms with E-state index >= 15 is 0 Å². The molecule has 8 nitrogen and oxygen atoms in total. The molecule has 196 valence electrons. The van der Waals surface area contributed by atoms with E-state index in [1.807, 2.05) is 59.7 Å². The lowest BCUT2D eigenvalue weighted by molar-refractivity contribution is -0.138. The molecular formula is C28H28ClN5O3S. The maximum atomic E-state index is 13.7. The van der Waals surface area contributed by atoms with Gasteiger partial charge in [0.1, 0.15) is 0 Å². The number of nitrogens with zero attached hydrogens (tertiary/aromatic N) is 4. The van der Waals surface area contributed by atoms with Crippen molar-refractivity contribution in [1.82, 2.24) is 14.7 Å². The van der Waals surface area contributed by atoms with Crippen molar-refractivity contribution in [2.75, 3.05) is 31.5 Å². The number of fused-ring (bicyclic) bond motifs is 1. The van der Waals surface area contributed by atoms with Crippen LogP contribution in [0.2, 0.25) is 5.02 Å². The first-order chi connectivity index (χ1) is 18.3. The Morgan fingerprint density at radius 2 is 1.66 bits per heavy atom. The molecule has 3 heterocycles. The van der Waals surface area contributed by atoms with Gasteiger partial charge in [0.25, 0.3) is 5.91 Å². The Bertz CT molecular complexity index is 1350. The molecule has 3 amide bonds. The Labute approximate surface area is 231 Å². The van der Waals surface area contributed by atoms with Gasteiger partial charge in [-0.3, -0.25) is 14.4 Å². The van der Waals surface area contributed by atoms with Crippen LogP contribution in [0.4, 0.5) is 5.69 Å². The number of thioether (sulfide) groups is 1.